The Bertz CT molecular complexity index is 432. The summed E-state index contributed by atoms with van der Waals surface area (Å²) >= 11 is 5.09. The molecule has 1 aliphatic heterocycles. The van der Waals surface area contributed by atoms with Gasteiger partial charge in [0.1, 0.15) is 0 Å². The van der Waals surface area contributed by atoms with Gasteiger partial charge in [-0.1, -0.05) is 0 Å². The summed E-state index contributed by atoms with van der Waals surface area (Å²) < 4.78 is 1.08. The van der Waals surface area contributed by atoms with E-state index in [1.165, 1.54) is 4.88 Å². The van der Waals surface area contributed by atoms with Crippen LogP contribution in [0.5, 0.6) is 0 Å². The maximum absolute atomic E-state index is 11.9. The molecular formula is C11H16BrN3OS. The van der Waals surface area contributed by atoms with Crippen molar-refractivity contribution in [2.75, 3.05) is 13.1 Å². The highest BCUT2D eigenvalue weighted by molar-refractivity contribution is 9.11. The van der Waals surface area contributed by atoms with Gasteiger partial charge in [-0.3, -0.25) is 0 Å². The van der Waals surface area contributed by atoms with Crippen molar-refractivity contribution in [2.24, 2.45) is 5.73 Å². The summed E-state index contributed by atoms with van der Waals surface area (Å²) in [7, 11) is 0. The SMILES string of the molecule is CC(C)(CN)N1CC(c2ccc(Br)s2)NC1=O. The van der Waals surface area contributed by atoms with Gasteiger partial charge >= 0.3 is 6.03 Å². The Hall–Kier alpha value is -0.590. The molecule has 0 aliphatic carbocycles. The molecule has 0 spiro atoms. The van der Waals surface area contributed by atoms with Gasteiger partial charge in [0.2, 0.25) is 0 Å². The first-order chi connectivity index (χ1) is 7.94. The number of hydrogen-bond donors (Lipinski definition) is 2. The lowest BCUT2D eigenvalue weighted by atomic mass is 10.0. The smallest absolute Gasteiger partial charge is 0.318 e. The molecule has 3 N–H and O–H groups in total. The molecule has 1 atom stereocenters. The van der Waals surface area contributed by atoms with E-state index in [9.17, 15) is 4.79 Å². The van der Waals surface area contributed by atoms with E-state index in [0.29, 0.717) is 13.1 Å². The highest BCUT2D eigenvalue weighted by Gasteiger charge is 2.38. The Morgan fingerprint density at radius 1 is 1.65 bits per heavy atom. The first-order valence-corrected chi connectivity index (χ1v) is 7.08. The maximum Gasteiger partial charge on any atom is 0.318 e. The van der Waals surface area contributed by atoms with Gasteiger partial charge in [0, 0.05) is 18.0 Å². The molecule has 17 heavy (non-hydrogen) atoms. The van der Waals surface area contributed by atoms with Crippen LogP contribution in [0.4, 0.5) is 4.79 Å². The minimum Gasteiger partial charge on any atom is -0.329 e. The number of urea groups is 1. The summed E-state index contributed by atoms with van der Waals surface area (Å²) in [5.74, 6) is 0. The van der Waals surface area contributed by atoms with Crippen LogP contribution in [0.1, 0.15) is 24.8 Å². The molecule has 0 aromatic carbocycles. The van der Waals surface area contributed by atoms with Crippen molar-refractivity contribution >= 4 is 33.3 Å². The van der Waals surface area contributed by atoms with Crippen molar-refractivity contribution in [3.05, 3.63) is 20.8 Å². The molecule has 94 valence electrons. The highest BCUT2D eigenvalue weighted by Crippen LogP contribution is 2.32. The summed E-state index contributed by atoms with van der Waals surface area (Å²) in [5.41, 5.74) is 5.41. The first-order valence-electron chi connectivity index (χ1n) is 5.47. The number of hydrogen-bond acceptors (Lipinski definition) is 3. The summed E-state index contributed by atoms with van der Waals surface area (Å²) in [4.78, 5) is 14.9. The third kappa shape index (κ3) is 2.48. The molecule has 4 nitrogen and oxygen atoms in total. The van der Waals surface area contributed by atoms with E-state index >= 15 is 0 Å². The molecule has 0 saturated carbocycles. The standard InChI is InChI=1S/C11H16BrN3OS/c1-11(2,6-13)15-5-7(14-10(15)16)8-3-4-9(12)17-8/h3-4,7H,5-6,13H2,1-2H3,(H,14,16). The average Bonchev–Trinajstić information content (AvgIpc) is 2.85. The zero-order valence-electron chi connectivity index (χ0n) is 9.87. The van der Waals surface area contributed by atoms with E-state index in [2.05, 4.69) is 21.2 Å². The summed E-state index contributed by atoms with van der Waals surface area (Å²) in [5, 5.41) is 3.00. The van der Waals surface area contributed by atoms with Crippen molar-refractivity contribution in [3.63, 3.8) is 0 Å². The number of halogens is 1. The number of nitrogens with zero attached hydrogens (tertiary/aromatic N) is 1. The third-order valence-corrected chi connectivity index (χ3v) is 4.81. The molecule has 1 aromatic heterocycles. The monoisotopic (exact) mass is 317 g/mol. The summed E-state index contributed by atoms with van der Waals surface area (Å²) in [6, 6.07) is 4.08. The van der Waals surface area contributed by atoms with Gasteiger partial charge < -0.3 is 16.0 Å². The largest absolute Gasteiger partial charge is 0.329 e. The van der Waals surface area contributed by atoms with Crippen molar-refractivity contribution in [3.8, 4) is 0 Å². The summed E-state index contributed by atoms with van der Waals surface area (Å²) in [6.45, 7) is 5.11. The topological polar surface area (TPSA) is 58.4 Å². The van der Waals surface area contributed by atoms with Crippen LogP contribution in [0, 0.1) is 0 Å². The van der Waals surface area contributed by atoms with Gasteiger partial charge in [0.25, 0.3) is 0 Å². The highest BCUT2D eigenvalue weighted by atomic mass is 79.9. The van der Waals surface area contributed by atoms with E-state index in [1.54, 1.807) is 11.3 Å². The van der Waals surface area contributed by atoms with Crippen LogP contribution >= 0.6 is 27.3 Å². The number of nitrogens with one attached hydrogen (secondary N) is 1. The lowest BCUT2D eigenvalue weighted by Crippen LogP contribution is -2.50. The lowest BCUT2D eigenvalue weighted by Gasteiger charge is -2.33. The number of amides is 2. The Labute approximate surface area is 113 Å². The normalized spacial score (nSPS) is 20.8. The minimum atomic E-state index is -0.298. The van der Waals surface area contributed by atoms with E-state index in [0.717, 1.165) is 3.79 Å². The second-order valence-corrected chi connectivity index (χ2v) is 7.27. The fourth-order valence-electron chi connectivity index (χ4n) is 1.85. The second-order valence-electron chi connectivity index (χ2n) is 4.77. The van der Waals surface area contributed by atoms with Crippen LogP contribution in [-0.2, 0) is 0 Å². The molecule has 0 radical (unpaired) electrons. The first kappa shape index (κ1) is 12.9. The minimum absolute atomic E-state index is 0.0324. The predicted octanol–water partition coefficient (Wildman–Crippen LogP) is 2.31. The molecule has 1 aromatic rings. The van der Waals surface area contributed by atoms with E-state index in [4.69, 9.17) is 5.73 Å². The van der Waals surface area contributed by atoms with Gasteiger partial charge in [0.15, 0.2) is 0 Å². The van der Waals surface area contributed by atoms with Crippen LogP contribution in [0.25, 0.3) is 0 Å². The molecule has 2 heterocycles. The van der Waals surface area contributed by atoms with E-state index < -0.39 is 0 Å². The molecule has 1 fully saturated rings. The van der Waals surface area contributed by atoms with Crippen LogP contribution in [0.3, 0.4) is 0 Å². The number of thiophene rings is 1. The van der Waals surface area contributed by atoms with Crippen LogP contribution in [0.2, 0.25) is 0 Å². The zero-order valence-corrected chi connectivity index (χ0v) is 12.3. The van der Waals surface area contributed by atoms with Gasteiger partial charge in [-0.25, -0.2) is 4.79 Å². The Balaban J connectivity index is 2.15. The number of rotatable bonds is 3. The average molecular weight is 318 g/mol. The molecule has 2 rings (SSSR count). The van der Waals surface area contributed by atoms with E-state index in [1.807, 2.05) is 30.9 Å². The Morgan fingerprint density at radius 2 is 2.35 bits per heavy atom. The molecule has 1 saturated heterocycles. The number of nitrogens with two attached hydrogens (primary N) is 1. The Morgan fingerprint density at radius 3 is 2.88 bits per heavy atom. The number of carbonyl (C=O) groups is 1. The predicted molar refractivity (Wildman–Crippen MR) is 73.1 cm³/mol. The van der Waals surface area contributed by atoms with Gasteiger partial charge in [0.05, 0.1) is 15.4 Å². The fourth-order valence-corrected chi connectivity index (χ4v) is 3.31. The fraction of sp³-hybridized carbons (Fsp3) is 0.545. The molecular weight excluding hydrogens is 302 g/mol. The third-order valence-electron chi connectivity index (χ3n) is 3.08. The molecule has 2 amide bonds. The quantitative estimate of drug-likeness (QED) is 0.898. The van der Waals surface area contributed by atoms with Crippen molar-refractivity contribution in [1.82, 2.24) is 10.2 Å². The van der Waals surface area contributed by atoms with E-state index in [-0.39, 0.29) is 17.6 Å². The molecule has 6 heteroatoms. The van der Waals surface area contributed by atoms with Gasteiger partial charge in [-0.2, -0.15) is 0 Å². The van der Waals surface area contributed by atoms with Crippen LogP contribution < -0.4 is 11.1 Å². The molecule has 0 bridgehead atoms. The lowest BCUT2D eigenvalue weighted by molar-refractivity contribution is 0.163. The van der Waals surface area contributed by atoms with Crippen LogP contribution in [-0.4, -0.2) is 29.6 Å². The number of carbonyl (C=O) groups excluding carboxylic acids is 1. The van der Waals surface area contributed by atoms with Crippen molar-refractivity contribution < 1.29 is 4.79 Å². The Kier molecular flexibility index (Phi) is 3.47. The van der Waals surface area contributed by atoms with Crippen molar-refractivity contribution in [2.45, 2.75) is 25.4 Å². The maximum atomic E-state index is 11.9. The van der Waals surface area contributed by atoms with Gasteiger partial charge in [-0.05, 0) is 41.9 Å². The second kappa shape index (κ2) is 4.59. The van der Waals surface area contributed by atoms with Gasteiger partial charge in [-0.15, -0.1) is 11.3 Å². The zero-order chi connectivity index (χ0) is 12.6. The molecule has 1 aliphatic rings. The van der Waals surface area contributed by atoms with Crippen LogP contribution in [0.15, 0.2) is 15.9 Å². The molecule has 1 unspecified atom stereocenters. The summed E-state index contributed by atoms with van der Waals surface area (Å²) in [6.07, 6.45) is 0. The van der Waals surface area contributed by atoms with Crippen molar-refractivity contribution in [1.29, 1.82) is 0 Å².